The van der Waals surface area contributed by atoms with Crippen LogP contribution in [0.3, 0.4) is 0 Å². The van der Waals surface area contributed by atoms with Gasteiger partial charge in [0, 0.05) is 17.8 Å². The fraction of sp³-hybridized carbons (Fsp3) is 0.353. The number of hydrogen-bond donors (Lipinski definition) is 1. The molecule has 11 heteroatoms. The van der Waals surface area contributed by atoms with Crippen molar-refractivity contribution in [2.75, 3.05) is 25.6 Å². The summed E-state index contributed by atoms with van der Waals surface area (Å²) in [4.78, 5) is 28.5. The number of carbonyl (C=O) groups is 2. The molecule has 0 saturated carbocycles. The van der Waals surface area contributed by atoms with Crippen LogP contribution < -0.4 is 5.32 Å². The van der Waals surface area contributed by atoms with Gasteiger partial charge in [0.1, 0.15) is 0 Å². The molecule has 3 rings (SSSR count). The summed E-state index contributed by atoms with van der Waals surface area (Å²) >= 11 is 1.20. The van der Waals surface area contributed by atoms with E-state index in [-0.39, 0.29) is 30.2 Å². The van der Waals surface area contributed by atoms with E-state index in [1.54, 1.807) is 19.1 Å². The van der Waals surface area contributed by atoms with Crippen LogP contribution in [0.25, 0.3) is 0 Å². The Balaban J connectivity index is 1.85. The second-order valence-electron chi connectivity index (χ2n) is 5.81. The van der Waals surface area contributed by atoms with Crippen LogP contribution >= 0.6 is 11.3 Å². The van der Waals surface area contributed by atoms with Gasteiger partial charge in [-0.05, 0) is 19.1 Å². The van der Waals surface area contributed by atoms with Gasteiger partial charge < -0.3 is 9.47 Å². The van der Waals surface area contributed by atoms with Gasteiger partial charge in [-0.1, -0.05) is 23.5 Å². The van der Waals surface area contributed by atoms with E-state index in [9.17, 15) is 18.0 Å². The molecule has 2 heterocycles. The topological polar surface area (TPSA) is 115 Å². The van der Waals surface area contributed by atoms with Gasteiger partial charge in [-0.15, -0.1) is 0 Å². The Morgan fingerprint density at radius 2 is 2.07 bits per heavy atom. The monoisotopic (exact) mass is 425 g/mol. The molecule has 9 nitrogen and oxygen atoms in total. The van der Waals surface area contributed by atoms with Crippen LogP contribution in [0.15, 0.2) is 29.2 Å². The second-order valence-corrected chi connectivity index (χ2v) is 8.80. The van der Waals surface area contributed by atoms with E-state index in [1.807, 2.05) is 0 Å². The van der Waals surface area contributed by atoms with Crippen molar-refractivity contribution in [1.29, 1.82) is 0 Å². The predicted molar refractivity (Wildman–Crippen MR) is 102 cm³/mol. The third-order valence-electron chi connectivity index (χ3n) is 4.09. The lowest BCUT2D eigenvalue weighted by molar-refractivity contribution is 0.0596. The molecule has 1 aromatic carbocycles. The van der Waals surface area contributed by atoms with Crippen molar-refractivity contribution in [3.05, 3.63) is 40.4 Å². The molecular formula is C17H19N3O6S2. The van der Waals surface area contributed by atoms with Crippen molar-refractivity contribution in [2.24, 2.45) is 0 Å². The van der Waals surface area contributed by atoms with Crippen molar-refractivity contribution in [2.45, 2.75) is 24.8 Å². The Morgan fingerprint density at radius 1 is 1.32 bits per heavy atom. The van der Waals surface area contributed by atoms with Crippen LogP contribution in [0.2, 0.25) is 0 Å². The van der Waals surface area contributed by atoms with Gasteiger partial charge in [0.15, 0.2) is 5.13 Å². The lowest BCUT2D eigenvalue weighted by atomic mass is 10.2. The highest BCUT2D eigenvalue weighted by atomic mass is 32.2. The van der Waals surface area contributed by atoms with E-state index in [2.05, 4.69) is 10.3 Å². The SMILES string of the molecule is CCOC(=O)Nc1nc2c(s1)CN(S(=O)(=O)c1ccccc1C(=O)OC)CC2. The lowest BCUT2D eigenvalue weighted by Gasteiger charge is -2.26. The lowest BCUT2D eigenvalue weighted by Crippen LogP contribution is -2.36. The van der Waals surface area contributed by atoms with E-state index in [0.717, 1.165) is 10.6 Å². The number of aromatic nitrogens is 1. The zero-order valence-electron chi connectivity index (χ0n) is 15.3. The van der Waals surface area contributed by atoms with E-state index in [0.29, 0.717) is 11.6 Å². The minimum absolute atomic E-state index is 0.00947. The molecule has 0 unspecified atom stereocenters. The molecule has 0 bridgehead atoms. The number of ether oxygens (including phenoxy) is 2. The number of sulfonamides is 1. The fourth-order valence-electron chi connectivity index (χ4n) is 2.79. The smallest absolute Gasteiger partial charge is 0.413 e. The molecule has 1 N–H and O–H groups in total. The molecule has 1 aliphatic rings. The Kier molecular flexibility index (Phi) is 5.96. The van der Waals surface area contributed by atoms with Gasteiger partial charge in [-0.3, -0.25) is 5.32 Å². The molecule has 0 aliphatic carbocycles. The average Bonchev–Trinajstić information content (AvgIpc) is 3.08. The quantitative estimate of drug-likeness (QED) is 0.731. The zero-order chi connectivity index (χ0) is 20.3. The second kappa shape index (κ2) is 8.25. The first-order valence-corrected chi connectivity index (χ1v) is 10.7. The number of rotatable bonds is 5. The number of benzene rings is 1. The highest BCUT2D eigenvalue weighted by Crippen LogP contribution is 2.32. The molecule has 1 amide bonds. The number of fused-ring (bicyclic) bond motifs is 1. The van der Waals surface area contributed by atoms with Crippen molar-refractivity contribution >= 4 is 38.6 Å². The van der Waals surface area contributed by atoms with Crippen LogP contribution in [-0.2, 0) is 32.5 Å². The van der Waals surface area contributed by atoms with Crippen molar-refractivity contribution < 1.29 is 27.5 Å². The summed E-state index contributed by atoms with van der Waals surface area (Å²) < 4.78 is 37.1. The average molecular weight is 425 g/mol. The molecule has 0 spiro atoms. The maximum atomic E-state index is 13.1. The zero-order valence-corrected chi connectivity index (χ0v) is 16.9. The van der Waals surface area contributed by atoms with E-state index < -0.39 is 22.1 Å². The number of esters is 1. The largest absolute Gasteiger partial charge is 0.465 e. The molecule has 28 heavy (non-hydrogen) atoms. The maximum absolute atomic E-state index is 13.1. The Bertz CT molecular complexity index is 1000. The van der Waals surface area contributed by atoms with Crippen LogP contribution in [0.4, 0.5) is 9.93 Å². The fourth-order valence-corrected chi connectivity index (χ4v) is 5.47. The number of anilines is 1. The summed E-state index contributed by atoms with van der Waals surface area (Å²) in [5.74, 6) is -0.712. The van der Waals surface area contributed by atoms with E-state index in [4.69, 9.17) is 9.47 Å². The number of thiazole rings is 1. The van der Waals surface area contributed by atoms with Crippen molar-refractivity contribution in [3.63, 3.8) is 0 Å². The Morgan fingerprint density at radius 3 is 2.79 bits per heavy atom. The van der Waals surface area contributed by atoms with Crippen molar-refractivity contribution in [1.82, 2.24) is 9.29 Å². The first kappa shape index (κ1) is 20.2. The molecular weight excluding hydrogens is 406 g/mol. The summed E-state index contributed by atoms with van der Waals surface area (Å²) in [6, 6.07) is 5.94. The standard InChI is InChI=1S/C17H19N3O6S2/c1-3-26-17(22)19-16-18-12-8-9-20(10-13(12)27-16)28(23,24)14-7-5-4-6-11(14)15(21)25-2/h4-7H,3,8-10H2,1-2H3,(H,18,19,22). The summed E-state index contributed by atoms with van der Waals surface area (Å²) in [6.45, 7) is 2.26. The number of nitrogens with one attached hydrogen (secondary N) is 1. The highest BCUT2D eigenvalue weighted by Gasteiger charge is 2.33. The van der Waals surface area contributed by atoms with Gasteiger partial charge in [-0.2, -0.15) is 4.31 Å². The molecule has 0 atom stereocenters. The van der Waals surface area contributed by atoms with Gasteiger partial charge in [-0.25, -0.2) is 23.0 Å². The molecule has 150 valence electrons. The first-order chi connectivity index (χ1) is 13.4. The summed E-state index contributed by atoms with van der Waals surface area (Å²) in [5, 5.41) is 2.89. The van der Waals surface area contributed by atoms with Gasteiger partial charge in [0.05, 0.1) is 36.4 Å². The highest BCUT2D eigenvalue weighted by molar-refractivity contribution is 7.89. The minimum Gasteiger partial charge on any atom is -0.465 e. The first-order valence-electron chi connectivity index (χ1n) is 8.46. The van der Waals surface area contributed by atoms with Gasteiger partial charge in [0.2, 0.25) is 10.0 Å². The number of amides is 1. The molecule has 0 saturated heterocycles. The molecule has 2 aromatic rings. The third kappa shape index (κ3) is 4.01. The van der Waals surface area contributed by atoms with Gasteiger partial charge in [0.25, 0.3) is 0 Å². The number of hydrogen-bond acceptors (Lipinski definition) is 8. The third-order valence-corrected chi connectivity index (χ3v) is 6.99. The van der Waals surface area contributed by atoms with Gasteiger partial charge >= 0.3 is 12.1 Å². The Labute approximate surface area is 166 Å². The normalized spacial score (nSPS) is 14.2. The maximum Gasteiger partial charge on any atom is 0.413 e. The minimum atomic E-state index is -3.91. The predicted octanol–water partition coefficient (Wildman–Crippen LogP) is 2.25. The Hall–Kier alpha value is -2.50. The molecule has 1 aliphatic heterocycles. The van der Waals surface area contributed by atoms with Crippen LogP contribution in [0, 0.1) is 0 Å². The summed E-state index contributed by atoms with van der Waals surface area (Å²) in [6.07, 6.45) is -0.208. The van der Waals surface area contributed by atoms with Crippen LogP contribution in [-0.4, -0.2) is 50.0 Å². The van der Waals surface area contributed by atoms with E-state index >= 15 is 0 Å². The molecule has 0 radical (unpaired) electrons. The van der Waals surface area contributed by atoms with Crippen LogP contribution in [0.5, 0.6) is 0 Å². The molecule has 0 fully saturated rings. The van der Waals surface area contributed by atoms with Crippen molar-refractivity contribution in [3.8, 4) is 0 Å². The number of carbonyl (C=O) groups excluding carboxylic acids is 2. The van der Waals surface area contributed by atoms with E-state index in [1.165, 1.54) is 34.9 Å². The number of methoxy groups -OCH3 is 1. The molecule has 1 aromatic heterocycles. The summed E-state index contributed by atoms with van der Waals surface area (Å²) in [5.41, 5.74) is 0.731. The summed E-state index contributed by atoms with van der Waals surface area (Å²) in [7, 11) is -2.71. The van der Waals surface area contributed by atoms with Crippen LogP contribution in [0.1, 0.15) is 27.9 Å². The number of nitrogens with zero attached hydrogens (tertiary/aromatic N) is 2.